The minimum atomic E-state index is -4.23. The van der Waals surface area contributed by atoms with Crippen LogP contribution in [0.15, 0.2) is 77.7 Å². The van der Waals surface area contributed by atoms with Crippen LogP contribution in [-0.2, 0) is 26.2 Å². The molecule has 42 heavy (non-hydrogen) atoms. The monoisotopic (exact) mass is 615 g/mol. The van der Waals surface area contributed by atoms with E-state index in [0.717, 1.165) is 9.87 Å². The third-order valence-corrected chi connectivity index (χ3v) is 8.60. The van der Waals surface area contributed by atoms with Crippen LogP contribution in [0.25, 0.3) is 0 Å². The first-order valence-corrected chi connectivity index (χ1v) is 15.4. The number of carbonyl (C=O) groups is 2. The smallest absolute Gasteiger partial charge is 0.264 e. The van der Waals surface area contributed by atoms with Gasteiger partial charge in [0.05, 0.1) is 24.8 Å². The Bertz CT molecular complexity index is 1460. The Hall–Kier alpha value is -3.76. The van der Waals surface area contributed by atoms with Crippen LogP contribution in [0, 0.1) is 5.92 Å². The summed E-state index contributed by atoms with van der Waals surface area (Å²) >= 11 is 6.24. The van der Waals surface area contributed by atoms with Crippen molar-refractivity contribution in [2.24, 2.45) is 5.92 Å². The summed E-state index contributed by atoms with van der Waals surface area (Å²) in [5.41, 5.74) is 0.940. The molecule has 3 rings (SSSR count). The number of hydrogen-bond donors (Lipinski definition) is 1. The number of ether oxygens (including phenoxy) is 2. The number of anilines is 1. The van der Waals surface area contributed by atoms with Crippen LogP contribution >= 0.6 is 11.6 Å². The van der Waals surface area contributed by atoms with Gasteiger partial charge in [-0.15, -0.1) is 0 Å². The molecule has 0 saturated carbocycles. The van der Waals surface area contributed by atoms with Crippen molar-refractivity contribution >= 4 is 39.1 Å². The van der Waals surface area contributed by atoms with Gasteiger partial charge in [-0.3, -0.25) is 13.9 Å². The molecule has 0 radical (unpaired) electrons. The third kappa shape index (κ3) is 8.39. The summed E-state index contributed by atoms with van der Waals surface area (Å²) in [5, 5.41) is 3.23. The number of rotatable bonds is 14. The second-order valence-electron chi connectivity index (χ2n) is 10.1. The van der Waals surface area contributed by atoms with Crippen LogP contribution in [0.5, 0.6) is 11.5 Å². The summed E-state index contributed by atoms with van der Waals surface area (Å²) in [6.07, 6.45) is 0.321. The van der Waals surface area contributed by atoms with Crippen molar-refractivity contribution in [1.29, 1.82) is 0 Å². The summed E-state index contributed by atoms with van der Waals surface area (Å²) in [6, 6.07) is 18.5. The van der Waals surface area contributed by atoms with E-state index in [1.165, 1.54) is 42.3 Å². The van der Waals surface area contributed by atoms with Crippen LogP contribution in [0.4, 0.5) is 5.69 Å². The zero-order chi connectivity index (χ0) is 30.9. The van der Waals surface area contributed by atoms with Crippen molar-refractivity contribution in [2.75, 3.05) is 31.6 Å². The predicted molar refractivity (Wildman–Crippen MR) is 164 cm³/mol. The van der Waals surface area contributed by atoms with Crippen LogP contribution in [0.3, 0.4) is 0 Å². The molecule has 0 unspecified atom stereocenters. The number of nitrogens with one attached hydrogen (secondary N) is 1. The van der Waals surface area contributed by atoms with Gasteiger partial charge < -0.3 is 19.7 Å². The Morgan fingerprint density at radius 2 is 1.60 bits per heavy atom. The molecule has 0 fully saturated rings. The molecule has 0 aromatic heterocycles. The molecule has 0 spiro atoms. The second-order valence-corrected chi connectivity index (χ2v) is 12.4. The minimum Gasteiger partial charge on any atom is -0.497 e. The minimum absolute atomic E-state index is 0.0304. The Morgan fingerprint density at radius 1 is 0.929 bits per heavy atom. The molecule has 1 atom stereocenters. The van der Waals surface area contributed by atoms with E-state index in [2.05, 4.69) is 5.32 Å². The lowest BCUT2D eigenvalue weighted by Gasteiger charge is -2.33. The van der Waals surface area contributed by atoms with Gasteiger partial charge in [0.15, 0.2) is 0 Å². The first kappa shape index (κ1) is 32.8. The van der Waals surface area contributed by atoms with Gasteiger partial charge in [-0.1, -0.05) is 50.6 Å². The summed E-state index contributed by atoms with van der Waals surface area (Å²) in [6.45, 7) is 5.72. The van der Waals surface area contributed by atoms with Crippen LogP contribution in [0.1, 0.15) is 32.8 Å². The van der Waals surface area contributed by atoms with Gasteiger partial charge in [-0.05, 0) is 72.5 Å². The zero-order valence-electron chi connectivity index (χ0n) is 24.5. The Balaban J connectivity index is 2.06. The lowest BCUT2D eigenvalue weighted by molar-refractivity contribution is -0.140. The van der Waals surface area contributed by atoms with Crippen molar-refractivity contribution in [1.82, 2.24) is 10.2 Å². The summed E-state index contributed by atoms with van der Waals surface area (Å²) in [4.78, 5) is 28.9. The largest absolute Gasteiger partial charge is 0.497 e. The van der Waals surface area contributed by atoms with Gasteiger partial charge in [0.1, 0.15) is 24.1 Å². The fourth-order valence-corrected chi connectivity index (χ4v) is 5.93. The van der Waals surface area contributed by atoms with Gasteiger partial charge in [0, 0.05) is 18.1 Å². The highest BCUT2D eigenvalue weighted by Crippen LogP contribution is 2.28. The second kappa shape index (κ2) is 14.9. The summed E-state index contributed by atoms with van der Waals surface area (Å²) < 4.78 is 39.5. The SMILES string of the molecule is CC[C@H](C(=O)NCC(C)C)N(Cc1cccc(OC)c1)C(=O)CN(c1cccc(Cl)c1)S(=O)(=O)c1ccc(OC)cc1. The lowest BCUT2D eigenvalue weighted by Crippen LogP contribution is -2.52. The number of halogens is 1. The number of methoxy groups -OCH3 is 2. The third-order valence-electron chi connectivity index (χ3n) is 6.58. The molecule has 0 aliphatic carbocycles. The van der Waals surface area contributed by atoms with E-state index in [0.29, 0.717) is 29.5 Å². The first-order chi connectivity index (χ1) is 20.0. The van der Waals surface area contributed by atoms with Gasteiger partial charge in [0.25, 0.3) is 10.0 Å². The number of hydrogen-bond acceptors (Lipinski definition) is 6. The average molecular weight is 616 g/mol. The molecule has 226 valence electrons. The molecule has 0 saturated heterocycles. The van der Waals surface area contributed by atoms with Crippen molar-refractivity contribution in [3.63, 3.8) is 0 Å². The zero-order valence-corrected chi connectivity index (χ0v) is 26.1. The molecule has 3 aromatic carbocycles. The number of sulfonamides is 1. The van der Waals surface area contributed by atoms with Crippen molar-refractivity contribution in [2.45, 2.75) is 44.7 Å². The molecule has 3 aromatic rings. The molecule has 0 heterocycles. The quantitative estimate of drug-likeness (QED) is 0.270. The van der Waals surface area contributed by atoms with Crippen LogP contribution in [0.2, 0.25) is 5.02 Å². The van der Waals surface area contributed by atoms with E-state index in [9.17, 15) is 18.0 Å². The number of amides is 2. The topological polar surface area (TPSA) is 105 Å². The van der Waals surface area contributed by atoms with Gasteiger partial charge in [0.2, 0.25) is 11.8 Å². The highest BCUT2D eigenvalue weighted by Gasteiger charge is 2.34. The van der Waals surface area contributed by atoms with E-state index in [1.54, 1.807) is 43.5 Å². The average Bonchev–Trinajstić information content (AvgIpc) is 2.98. The normalized spacial score (nSPS) is 12.0. The highest BCUT2D eigenvalue weighted by atomic mass is 35.5. The molecule has 9 nitrogen and oxygen atoms in total. The van der Waals surface area contributed by atoms with E-state index in [4.69, 9.17) is 21.1 Å². The maximum absolute atomic E-state index is 14.1. The van der Waals surface area contributed by atoms with E-state index in [-0.39, 0.29) is 29.0 Å². The fourth-order valence-electron chi connectivity index (χ4n) is 4.34. The Morgan fingerprint density at radius 3 is 2.19 bits per heavy atom. The fraction of sp³-hybridized carbons (Fsp3) is 0.355. The number of nitrogens with zero attached hydrogens (tertiary/aromatic N) is 2. The first-order valence-electron chi connectivity index (χ1n) is 13.6. The Kier molecular flexibility index (Phi) is 11.6. The highest BCUT2D eigenvalue weighted by molar-refractivity contribution is 7.92. The lowest BCUT2D eigenvalue weighted by atomic mass is 10.1. The molecule has 0 aliphatic rings. The molecule has 0 aliphatic heterocycles. The predicted octanol–water partition coefficient (Wildman–Crippen LogP) is 5.13. The molecule has 11 heteroatoms. The Labute approximate surface area is 253 Å². The number of carbonyl (C=O) groups excluding carboxylic acids is 2. The molecule has 1 N–H and O–H groups in total. The van der Waals surface area contributed by atoms with Crippen molar-refractivity contribution < 1.29 is 27.5 Å². The standard InChI is InChI=1S/C31H38ClN3O6S/c1-6-29(31(37)33-19-22(2)3)34(20-23-9-7-12-27(17-23)41-5)30(36)21-35(25-11-8-10-24(32)18-25)42(38,39)28-15-13-26(40-4)14-16-28/h7-18,22,29H,6,19-21H2,1-5H3,(H,33,37)/t29-/m1/s1. The van der Waals surface area contributed by atoms with Crippen molar-refractivity contribution in [3.05, 3.63) is 83.4 Å². The van der Waals surface area contributed by atoms with Gasteiger partial charge >= 0.3 is 0 Å². The van der Waals surface area contributed by atoms with E-state index in [1.807, 2.05) is 26.8 Å². The maximum Gasteiger partial charge on any atom is 0.264 e. The summed E-state index contributed by atoms with van der Waals surface area (Å²) in [7, 11) is -1.20. The van der Waals surface area contributed by atoms with Gasteiger partial charge in [-0.2, -0.15) is 0 Å². The van der Waals surface area contributed by atoms with Gasteiger partial charge in [-0.25, -0.2) is 8.42 Å². The van der Waals surface area contributed by atoms with Crippen LogP contribution < -0.4 is 19.1 Å². The molecule has 0 bridgehead atoms. The molecular weight excluding hydrogens is 578 g/mol. The van der Waals surface area contributed by atoms with E-state index < -0.39 is 28.5 Å². The molecule has 2 amide bonds. The number of benzene rings is 3. The van der Waals surface area contributed by atoms with Crippen LogP contribution in [-0.4, -0.2) is 58.5 Å². The summed E-state index contributed by atoms with van der Waals surface area (Å²) in [5.74, 6) is 0.431. The van der Waals surface area contributed by atoms with Crippen molar-refractivity contribution in [3.8, 4) is 11.5 Å². The maximum atomic E-state index is 14.1. The van der Waals surface area contributed by atoms with E-state index >= 15 is 0 Å². The molecular formula is C31H38ClN3O6S.